The Balaban J connectivity index is 1.82. The number of likely N-dealkylation sites (N-methyl/N-ethyl adjacent to an activating group) is 1. The maximum Gasteiger partial charge on any atom is 0.264 e. The molecule has 0 aliphatic rings. The molecule has 9 nitrogen and oxygen atoms in total. The van der Waals surface area contributed by atoms with Gasteiger partial charge in [0.25, 0.3) is 10.0 Å². The van der Waals surface area contributed by atoms with Crippen molar-refractivity contribution < 1.29 is 27.5 Å². The van der Waals surface area contributed by atoms with Crippen LogP contribution >= 0.6 is 11.6 Å². The van der Waals surface area contributed by atoms with E-state index in [1.165, 1.54) is 49.4 Å². The molecule has 4 aromatic rings. The lowest BCUT2D eigenvalue weighted by atomic mass is 10.0. The van der Waals surface area contributed by atoms with Gasteiger partial charge in [-0.1, -0.05) is 71.8 Å². The first-order chi connectivity index (χ1) is 21.6. The number of ether oxygens (including phenoxy) is 2. The Morgan fingerprint density at radius 2 is 1.56 bits per heavy atom. The van der Waals surface area contributed by atoms with Crippen LogP contribution in [0, 0.1) is 6.92 Å². The lowest BCUT2D eigenvalue weighted by molar-refractivity contribution is -0.139. The SMILES string of the molecule is CNC(=O)[C@@H](Cc1ccccc1)N(Cc1cccc(OC)c1)C(=O)CN(c1ccc(OC)c(Cl)c1)S(=O)(=O)c1ccc(C)cc1. The van der Waals surface area contributed by atoms with Gasteiger partial charge in [0.15, 0.2) is 0 Å². The fourth-order valence-electron chi connectivity index (χ4n) is 4.86. The van der Waals surface area contributed by atoms with E-state index in [1.807, 2.05) is 43.3 Å². The number of halogens is 1. The Hall–Kier alpha value is -4.54. The zero-order valence-corrected chi connectivity index (χ0v) is 27.1. The average molecular weight is 650 g/mol. The van der Waals surface area contributed by atoms with Gasteiger partial charge in [0.2, 0.25) is 11.8 Å². The Morgan fingerprint density at radius 1 is 0.867 bits per heavy atom. The van der Waals surface area contributed by atoms with E-state index in [0.717, 1.165) is 15.4 Å². The third-order valence-electron chi connectivity index (χ3n) is 7.32. The number of methoxy groups -OCH3 is 2. The molecule has 0 heterocycles. The number of anilines is 1. The maximum atomic E-state index is 14.4. The number of amides is 2. The van der Waals surface area contributed by atoms with E-state index in [-0.39, 0.29) is 28.6 Å². The molecule has 236 valence electrons. The molecule has 0 saturated heterocycles. The number of aryl methyl sites for hydroxylation is 1. The highest BCUT2D eigenvalue weighted by Gasteiger charge is 2.34. The minimum Gasteiger partial charge on any atom is -0.497 e. The van der Waals surface area contributed by atoms with Gasteiger partial charge in [-0.05, 0) is 60.5 Å². The smallest absolute Gasteiger partial charge is 0.264 e. The fraction of sp³-hybridized carbons (Fsp3) is 0.235. The van der Waals surface area contributed by atoms with Crippen molar-refractivity contribution in [3.8, 4) is 11.5 Å². The number of carbonyl (C=O) groups is 2. The summed E-state index contributed by atoms with van der Waals surface area (Å²) < 4.78 is 39.9. The molecular weight excluding hydrogens is 614 g/mol. The number of benzene rings is 4. The molecule has 0 aliphatic heterocycles. The Bertz CT molecular complexity index is 1730. The summed E-state index contributed by atoms with van der Waals surface area (Å²) in [5, 5.41) is 2.85. The van der Waals surface area contributed by atoms with Crippen LogP contribution in [0.2, 0.25) is 5.02 Å². The van der Waals surface area contributed by atoms with Crippen LogP contribution in [0.15, 0.2) is 102 Å². The molecule has 1 N–H and O–H groups in total. The van der Waals surface area contributed by atoms with Crippen LogP contribution in [-0.4, -0.2) is 59.0 Å². The van der Waals surface area contributed by atoms with Crippen molar-refractivity contribution >= 4 is 39.1 Å². The molecule has 0 fully saturated rings. The monoisotopic (exact) mass is 649 g/mol. The number of nitrogens with zero attached hydrogens (tertiary/aromatic N) is 2. The highest BCUT2D eigenvalue weighted by Crippen LogP contribution is 2.32. The van der Waals surface area contributed by atoms with E-state index in [0.29, 0.717) is 17.1 Å². The summed E-state index contributed by atoms with van der Waals surface area (Å²) in [5.74, 6) is -0.0574. The number of sulfonamides is 1. The lowest BCUT2D eigenvalue weighted by Gasteiger charge is -2.33. The van der Waals surface area contributed by atoms with Crippen LogP contribution in [0.3, 0.4) is 0 Å². The first-order valence-electron chi connectivity index (χ1n) is 14.2. The standard InChI is InChI=1S/C34H36ClN3O6S/c1-24-13-16-29(17-14-24)45(41,42)38(27-15-18-32(44-4)30(35)21-27)23-33(39)37(22-26-11-8-12-28(19-26)43-3)31(34(40)36-2)20-25-9-6-5-7-10-25/h5-19,21,31H,20,22-23H2,1-4H3,(H,36,40)/t31-/m1/s1. The predicted molar refractivity (Wildman–Crippen MR) is 175 cm³/mol. The largest absolute Gasteiger partial charge is 0.497 e. The summed E-state index contributed by atoms with van der Waals surface area (Å²) >= 11 is 6.42. The van der Waals surface area contributed by atoms with E-state index in [9.17, 15) is 18.0 Å². The van der Waals surface area contributed by atoms with Crippen LogP contribution in [0.1, 0.15) is 16.7 Å². The minimum absolute atomic E-state index is 0.000627. The van der Waals surface area contributed by atoms with Crippen LogP contribution < -0.4 is 19.1 Å². The second-order valence-electron chi connectivity index (χ2n) is 10.3. The molecule has 4 aromatic carbocycles. The highest BCUT2D eigenvalue weighted by atomic mass is 35.5. The fourth-order valence-corrected chi connectivity index (χ4v) is 6.52. The second-order valence-corrected chi connectivity index (χ2v) is 12.6. The molecule has 0 saturated carbocycles. The molecule has 0 bridgehead atoms. The van der Waals surface area contributed by atoms with E-state index in [1.54, 1.807) is 37.4 Å². The molecule has 0 unspecified atom stereocenters. The van der Waals surface area contributed by atoms with E-state index in [2.05, 4.69) is 5.32 Å². The number of rotatable bonds is 13. The van der Waals surface area contributed by atoms with Gasteiger partial charge in [0.1, 0.15) is 24.1 Å². The minimum atomic E-state index is -4.26. The normalized spacial score (nSPS) is 11.8. The Kier molecular flexibility index (Phi) is 11.1. The molecule has 2 amide bonds. The van der Waals surface area contributed by atoms with Crippen molar-refractivity contribution in [3.05, 3.63) is 119 Å². The van der Waals surface area contributed by atoms with Crippen molar-refractivity contribution in [1.29, 1.82) is 0 Å². The zero-order chi connectivity index (χ0) is 32.6. The van der Waals surface area contributed by atoms with Gasteiger partial charge in [-0.2, -0.15) is 0 Å². The molecule has 0 aromatic heterocycles. The van der Waals surface area contributed by atoms with E-state index >= 15 is 0 Å². The van der Waals surface area contributed by atoms with Crippen LogP contribution in [0.5, 0.6) is 11.5 Å². The molecule has 0 aliphatic carbocycles. The average Bonchev–Trinajstić information content (AvgIpc) is 3.05. The predicted octanol–water partition coefficient (Wildman–Crippen LogP) is 5.25. The van der Waals surface area contributed by atoms with Gasteiger partial charge in [0, 0.05) is 20.0 Å². The number of nitrogens with one attached hydrogen (secondary N) is 1. The summed E-state index contributed by atoms with van der Waals surface area (Å²) in [4.78, 5) is 29.2. The van der Waals surface area contributed by atoms with Crippen molar-refractivity contribution in [3.63, 3.8) is 0 Å². The van der Waals surface area contributed by atoms with Crippen molar-refractivity contribution in [2.75, 3.05) is 32.1 Å². The van der Waals surface area contributed by atoms with E-state index in [4.69, 9.17) is 21.1 Å². The second kappa shape index (κ2) is 15.0. The van der Waals surface area contributed by atoms with Crippen molar-refractivity contribution in [1.82, 2.24) is 10.2 Å². The van der Waals surface area contributed by atoms with Crippen LogP contribution in [0.4, 0.5) is 5.69 Å². The van der Waals surface area contributed by atoms with Crippen molar-refractivity contribution in [2.45, 2.75) is 30.8 Å². The first-order valence-corrected chi connectivity index (χ1v) is 16.0. The van der Waals surface area contributed by atoms with Gasteiger partial charge >= 0.3 is 0 Å². The number of hydrogen-bond acceptors (Lipinski definition) is 6. The lowest BCUT2D eigenvalue weighted by Crippen LogP contribution is -2.53. The van der Waals surface area contributed by atoms with Gasteiger partial charge in [-0.3, -0.25) is 13.9 Å². The zero-order valence-electron chi connectivity index (χ0n) is 25.6. The quantitative estimate of drug-likeness (QED) is 0.212. The number of carbonyl (C=O) groups excluding carboxylic acids is 2. The summed E-state index contributed by atoms with van der Waals surface area (Å²) in [6.45, 7) is 1.26. The summed E-state index contributed by atoms with van der Waals surface area (Å²) in [5.41, 5.74) is 2.57. The molecule has 0 radical (unpaired) electrons. The van der Waals surface area contributed by atoms with Crippen LogP contribution in [0.25, 0.3) is 0 Å². The highest BCUT2D eigenvalue weighted by molar-refractivity contribution is 7.92. The Labute approximate surface area is 269 Å². The summed E-state index contributed by atoms with van der Waals surface area (Å²) in [7, 11) is 0.230. The molecule has 4 rings (SSSR count). The topological polar surface area (TPSA) is 105 Å². The molecule has 11 heteroatoms. The molecular formula is C34H36ClN3O6S. The third kappa shape index (κ3) is 8.14. The van der Waals surface area contributed by atoms with Crippen molar-refractivity contribution in [2.24, 2.45) is 0 Å². The molecule has 0 spiro atoms. The maximum absolute atomic E-state index is 14.4. The Morgan fingerprint density at radius 3 is 2.18 bits per heavy atom. The first kappa shape index (κ1) is 33.4. The van der Waals surface area contributed by atoms with Gasteiger partial charge in [-0.25, -0.2) is 8.42 Å². The van der Waals surface area contributed by atoms with Gasteiger partial charge in [0.05, 0.1) is 29.8 Å². The van der Waals surface area contributed by atoms with Crippen LogP contribution in [-0.2, 0) is 32.6 Å². The van der Waals surface area contributed by atoms with E-state index < -0.39 is 34.4 Å². The van der Waals surface area contributed by atoms with Gasteiger partial charge < -0.3 is 19.7 Å². The summed E-state index contributed by atoms with van der Waals surface area (Å²) in [6, 6.07) is 26.4. The molecule has 1 atom stereocenters. The molecule has 45 heavy (non-hydrogen) atoms. The number of hydrogen-bond donors (Lipinski definition) is 1. The summed E-state index contributed by atoms with van der Waals surface area (Å²) in [6.07, 6.45) is 0.204. The third-order valence-corrected chi connectivity index (χ3v) is 9.40. The van der Waals surface area contributed by atoms with Gasteiger partial charge in [-0.15, -0.1) is 0 Å².